The molecular formula is C15H16F3NO2. The van der Waals surface area contributed by atoms with Gasteiger partial charge in [-0.05, 0) is 32.2 Å². The maximum atomic E-state index is 12.8. The molecule has 0 amide bonds. The smallest absolute Gasteiger partial charge is 0.419 e. The summed E-state index contributed by atoms with van der Waals surface area (Å²) in [7, 11) is 1.81. The maximum absolute atomic E-state index is 12.8. The molecule has 0 aliphatic rings. The average molecular weight is 299 g/mol. The zero-order valence-corrected chi connectivity index (χ0v) is 11.8. The monoisotopic (exact) mass is 299 g/mol. The number of nitrogens with one attached hydrogen (secondary N) is 1. The highest BCUT2D eigenvalue weighted by Gasteiger charge is 2.34. The van der Waals surface area contributed by atoms with Gasteiger partial charge in [0.2, 0.25) is 0 Å². The van der Waals surface area contributed by atoms with Crippen molar-refractivity contribution in [1.82, 2.24) is 5.32 Å². The second-order valence-electron chi connectivity index (χ2n) is 4.61. The topological polar surface area (TPSA) is 34.4 Å². The number of alkyl halides is 3. The van der Waals surface area contributed by atoms with Crippen molar-refractivity contribution in [3.8, 4) is 5.75 Å². The molecule has 0 radical (unpaired) electrons. The molecule has 1 heterocycles. The predicted molar refractivity (Wildman–Crippen MR) is 72.0 cm³/mol. The Hall–Kier alpha value is -1.95. The second kappa shape index (κ2) is 6.22. The molecule has 0 spiro atoms. The van der Waals surface area contributed by atoms with E-state index in [1.54, 1.807) is 13.0 Å². The van der Waals surface area contributed by atoms with Crippen LogP contribution in [0.2, 0.25) is 0 Å². The minimum Gasteiger partial charge on any atom is -0.485 e. The van der Waals surface area contributed by atoms with E-state index in [4.69, 9.17) is 9.15 Å². The van der Waals surface area contributed by atoms with Gasteiger partial charge in [-0.15, -0.1) is 0 Å². The fraction of sp³-hybridized carbons (Fsp3) is 0.333. The Labute approximate surface area is 120 Å². The van der Waals surface area contributed by atoms with E-state index in [-0.39, 0.29) is 12.4 Å². The van der Waals surface area contributed by atoms with Crippen molar-refractivity contribution in [3.63, 3.8) is 0 Å². The number of halogens is 3. The summed E-state index contributed by atoms with van der Waals surface area (Å²) in [6.45, 7) is 2.39. The van der Waals surface area contributed by atoms with Gasteiger partial charge < -0.3 is 14.5 Å². The summed E-state index contributed by atoms with van der Waals surface area (Å²) in [5.41, 5.74) is 0.170. The number of hydrogen-bond acceptors (Lipinski definition) is 3. The molecule has 114 valence electrons. The Bertz CT molecular complexity index is 605. The lowest BCUT2D eigenvalue weighted by atomic mass is 10.2. The van der Waals surface area contributed by atoms with E-state index in [9.17, 15) is 13.2 Å². The molecule has 0 fully saturated rings. The SMILES string of the molecule is CNCc1cc(COc2ccccc2C(F)(F)F)oc1C. The molecule has 2 aromatic rings. The largest absolute Gasteiger partial charge is 0.485 e. The van der Waals surface area contributed by atoms with Gasteiger partial charge in [0.1, 0.15) is 23.9 Å². The molecule has 0 atom stereocenters. The Morgan fingerprint density at radius 3 is 2.62 bits per heavy atom. The molecular weight excluding hydrogens is 283 g/mol. The summed E-state index contributed by atoms with van der Waals surface area (Å²) >= 11 is 0. The van der Waals surface area contributed by atoms with Gasteiger partial charge in [0.25, 0.3) is 0 Å². The van der Waals surface area contributed by atoms with Gasteiger partial charge in [-0.3, -0.25) is 0 Å². The van der Waals surface area contributed by atoms with Crippen molar-refractivity contribution < 1.29 is 22.3 Å². The van der Waals surface area contributed by atoms with Crippen molar-refractivity contribution in [2.24, 2.45) is 0 Å². The normalized spacial score (nSPS) is 11.7. The molecule has 0 bridgehead atoms. The van der Waals surface area contributed by atoms with Crippen LogP contribution >= 0.6 is 0 Å². The zero-order chi connectivity index (χ0) is 15.5. The third kappa shape index (κ3) is 3.78. The summed E-state index contributed by atoms with van der Waals surface area (Å²) in [6.07, 6.45) is -4.44. The van der Waals surface area contributed by atoms with Gasteiger partial charge in [-0.2, -0.15) is 13.2 Å². The molecule has 6 heteroatoms. The number of rotatable bonds is 5. The molecule has 2 rings (SSSR count). The fourth-order valence-electron chi connectivity index (χ4n) is 2.00. The lowest BCUT2D eigenvalue weighted by molar-refractivity contribution is -0.139. The van der Waals surface area contributed by atoms with Gasteiger partial charge in [-0.1, -0.05) is 12.1 Å². The zero-order valence-electron chi connectivity index (χ0n) is 11.8. The molecule has 1 N–H and O–H groups in total. The van der Waals surface area contributed by atoms with Crippen LogP contribution < -0.4 is 10.1 Å². The fourth-order valence-corrected chi connectivity index (χ4v) is 2.00. The molecule has 0 aliphatic carbocycles. The average Bonchev–Trinajstić information content (AvgIpc) is 2.77. The summed E-state index contributed by atoms with van der Waals surface area (Å²) in [4.78, 5) is 0. The van der Waals surface area contributed by atoms with E-state index in [1.807, 2.05) is 7.05 Å². The number of para-hydroxylation sites is 1. The third-order valence-corrected chi connectivity index (χ3v) is 3.00. The number of furan rings is 1. The van der Waals surface area contributed by atoms with Crippen LogP contribution in [0.4, 0.5) is 13.2 Å². The summed E-state index contributed by atoms with van der Waals surface area (Å²) in [6, 6.07) is 6.91. The molecule has 1 aromatic heterocycles. The van der Waals surface area contributed by atoms with Crippen molar-refractivity contribution in [2.45, 2.75) is 26.3 Å². The molecule has 0 unspecified atom stereocenters. The van der Waals surface area contributed by atoms with Gasteiger partial charge in [0.05, 0.1) is 5.56 Å². The van der Waals surface area contributed by atoms with Crippen LogP contribution in [0.3, 0.4) is 0 Å². The van der Waals surface area contributed by atoms with Crippen LogP contribution in [0, 0.1) is 6.92 Å². The summed E-state index contributed by atoms with van der Waals surface area (Å²) in [5, 5.41) is 2.99. The molecule has 1 aromatic carbocycles. The van der Waals surface area contributed by atoms with Gasteiger partial charge in [-0.25, -0.2) is 0 Å². The quantitative estimate of drug-likeness (QED) is 0.909. The first kappa shape index (κ1) is 15.4. The molecule has 21 heavy (non-hydrogen) atoms. The van der Waals surface area contributed by atoms with Crippen molar-refractivity contribution in [2.75, 3.05) is 7.05 Å². The number of hydrogen-bond donors (Lipinski definition) is 1. The molecule has 0 saturated carbocycles. The minimum atomic E-state index is -4.44. The second-order valence-corrected chi connectivity index (χ2v) is 4.61. The number of ether oxygens (including phenoxy) is 1. The molecule has 0 saturated heterocycles. The number of aryl methyl sites for hydroxylation is 1. The van der Waals surface area contributed by atoms with E-state index in [0.717, 1.165) is 17.4 Å². The van der Waals surface area contributed by atoms with Gasteiger partial charge in [0.15, 0.2) is 0 Å². The van der Waals surface area contributed by atoms with Crippen molar-refractivity contribution in [3.05, 3.63) is 53.0 Å². The maximum Gasteiger partial charge on any atom is 0.419 e. The van der Waals surface area contributed by atoms with Crippen LogP contribution in [-0.4, -0.2) is 7.05 Å². The lowest BCUT2D eigenvalue weighted by Gasteiger charge is -2.12. The van der Waals surface area contributed by atoms with Crippen LogP contribution in [0.15, 0.2) is 34.7 Å². The van der Waals surface area contributed by atoms with E-state index in [2.05, 4.69) is 5.32 Å². The Morgan fingerprint density at radius 1 is 1.24 bits per heavy atom. The van der Waals surface area contributed by atoms with Gasteiger partial charge >= 0.3 is 6.18 Å². The minimum absolute atomic E-state index is 0.0440. The van der Waals surface area contributed by atoms with Gasteiger partial charge in [0, 0.05) is 12.1 Å². The third-order valence-electron chi connectivity index (χ3n) is 3.00. The van der Waals surface area contributed by atoms with Crippen LogP contribution in [0.1, 0.15) is 22.6 Å². The van der Waals surface area contributed by atoms with Crippen molar-refractivity contribution >= 4 is 0 Å². The first-order valence-electron chi connectivity index (χ1n) is 6.43. The Morgan fingerprint density at radius 2 is 1.95 bits per heavy atom. The first-order valence-corrected chi connectivity index (χ1v) is 6.43. The standard InChI is InChI=1S/C15H16F3NO2/c1-10-11(8-19-2)7-12(21-10)9-20-14-6-4-3-5-13(14)15(16,17)18/h3-7,19H,8-9H2,1-2H3. The van der Waals surface area contributed by atoms with E-state index >= 15 is 0 Å². The Kier molecular flexibility index (Phi) is 4.57. The first-order chi connectivity index (χ1) is 9.91. The van der Waals surface area contributed by atoms with E-state index in [1.165, 1.54) is 18.2 Å². The molecule has 0 aliphatic heterocycles. The highest BCUT2D eigenvalue weighted by atomic mass is 19.4. The highest BCUT2D eigenvalue weighted by molar-refractivity contribution is 5.35. The predicted octanol–water partition coefficient (Wildman–Crippen LogP) is 3.91. The van der Waals surface area contributed by atoms with Crippen LogP contribution in [0.25, 0.3) is 0 Å². The van der Waals surface area contributed by atoms with Crippen LogP contribution in [0.5, 0.6) is 5.75 Å². The van der Waals surface area contributed by atoms with E-state index in [0.29, 0.717) is 12.3 Å². The number of benzene rings is 1. The molecule has 3 nitrogen and oxygen atoms in total. The van der Waals surface area contributed by atoms with Crippen LogP contribution in [-0.2, 0) is 19.3 Å². The highest BCUT2D eigenvalue weighted by Crippen LogP contribution is 2.36. The summed E-state index contributed by atoms with van der Waals surface area (Å²) in [5.74, 6) is 1.02. The van der Waals surface area contributed by atoms with E-state index < -0.39 is 11.7 Å². The Balaban J connectivity index is 2.12. The lowest BCUT2D eigenvalue weighted by Crippen LogP contribution is -2.08. The van der Waals surface area contributed by atoms with Crippen molar-refractivity contribution in [1.29, 1.82) is 0 Å². The summed E-state index contributed by atoms with van der Waals surface area (Å²) < 4.78 is 49.2.